The summed E-state index contributed by atoms with van der Waals surface area (Å²) in [5.41, 5.74) is 0.763. The Morgan fingerprint density at radius 2 is 1.91 bits per heavy atom. The predicted molar refractivity (Wildman–Crippen MR) is 126 cm³/mol. The number of carbonyl (C=O) groups excluding carboxylic acids is 1. The summed E-state index contributed by atoms with van der Waals surface area (Å²) in [6.07, 6.45) is 9.93. The molecule has 0 spiro atoms. The molecule has 0 saturated heterocycles. The summed E-state index contributed by atoms with van der Waals surface area (Å²) in [5, 5.41) is 21.6. The lowest BCUT2D eigenvalue weighted by Crippen LogP contribution is -2.41. The number of hydrogen-bond acceptors (Lipinski definition) is 8. The van der Waals surface area contributed by atoms with Crippen molar-refractivity contribution in [1.29, 1.82) is 0 Å². The van der Waals surface area contributed by atoms with Gasteiger partial charge in [0.1, 0.15) is 5.69 Å². The summed E-state index contributed by atoms with van der Waals surface area (Å²) >= 11 is 0. The Hall–Kier alpha value is -3.70. The number of carbonyl (C=O) groups is 1. The van der Waals surface area contributed by atoms with E-state index in [1.54, 1.807) is 16.8 Å². The van der Waals surface area contributed by atoms with Crippen molar-refractivity contribution in [3.63, 3.8) is 0 Å². The number of aromatic amines is 2. The first-order valence-corrected chi connectivity index (χ1v) is 12.3. The molecule has 3 saturated carbocycles. The van der Waals surface area contributed by atoms with Crippen molar-refractivity contribution in [3.05, 3.63) is 33.2 Å². The third kappa shape index (κ3) is 4.64. The Morgan fingerprint density at radius 3 is 2.57 bits per heavy atom. The molecule has 6 rings (SSSR count). The number of fused-ring (bicyclic) bond motifs is 1. The number of rotatable bonds is 6. The summed E-state index contributed by atoms with van der Waals surface area (Å²) in [6.45, 7) is 2.12. The van der Waals surface area contributed by atoms with Gasteiger partial charge in [-0.15, -0.1) is 0 Å². The molecule has 3 aliphatic carbocycles. The van der Waals surface area contributed by atoms with Crippen LogP contribution in [0, 0.1) is 11.8 Å². The highest BCUT2D eigenvalue weighted by atomic mass is 16.3. The van der Waals surface area contributed by atoms with Gasteiger partial charge in [-0.2, -0.15) is 19.6 Å². The molecule has 3 heterocycles. The quantitative estimate of drug-likeness (QED) is 0.331. The SMILES string of the molecule is CC1CC1C(=O)NC1CCC(Nc2nc(=NC3CC3)n3nc/c(=C\c4[nH]c(=O)[nH]c4O)c3n2)CC1. The van der Waals surface area contributed by atoms with E-state index in [1.165, 1.54) is 0 Å². The minimum atomic E-state index is -0.495. The van der Waals surface area contributed by atoms with Gasteiger partial charge in [-0.3, -0.25) is 9.78 Å². The summed E-state index contributed by atoms with van der Waals surface area (Å²) < 4.78 is 1.59. The van der Waals surface area contributed by atoms with Crippen molar-refractivity contribution in [3.8, 4) is 5.88 Å². The third-order valence-electron chi connectivity index (χ3n) is 7.11. The molecule has 12 nitrogen and oxygen atoms in total. The minimum absolute atomic E-state index is 0.194. The van der Waals surface area contributed by atoms with Crippen LogP contribution in [-0.4, -0.2) is 58.7 Å². The molecule has 3 fully saturated rings. The zero-order chi connectivity index (χ0) is 24.1. The molecular formula is C23H29N9O3. The molecule has 5 N–H and O–H groups in total. The normalized spacial score (nSPS) is 27.3. The Bertz CT molecular complexity index is 1440. The minimum Gasteiger partial charge on any atom is -0.493 e. The summed E-state index contributed by atoms with van der Waals surface area (Å²) in [4.78, 5) is 42.7. The van der Waals surface area contributed by atoms with E-state index >= 15 is 0 Å². The smallest absolute Gasteiger partial charge is 0.326 e. The maximum absolute atomic E-state index is 12.3. The lowest BCUT2D eigenvalue weighted by atomic mass is 9.91. The van der Waals surface area contributed by atoms with Crippen LogP contribution in [0.3, 0.4) is 0 Å². The van der Waals surface area contributed by atoms with E-state index in [-0.39, 0.29) is 41.5 Å². The molecule has 0 aromatic carbocycles. The van der Waals surface area contributed by atoms with Gasteiger partial charge in [-0.05, 0) is 56.9 Å². The molecule has 2 unspecified atom stereocenters. The molecule has 0 aliphatic heterocycles. The van der Waals surface area contributed by atoms with Gasteiger partial charge in [0, 0.05) is 23.2 Å². The lowest BCUT2D eigenvalue weighted by Gasteiger charge is -2.29. The van der Waals surface area contributed by atoms with E-state index in [0.29, 0.717) is 28.4 Å². The van der Waals surface area contributed by atoms with E-state index in [1.807, 2.05) is 0 Å². The van der Waals surface area contributed by atoms with Crippen LogP contribution in [0.5, 0.6) is 5.88 Å². The monoisotopic (exact) mass is 479 g/mol. The third-order valence-corrected chi connectivity index (χ3v) is 7.11. The summed E-state index contributed by atoms with van der Waals surface area (Å²) in [7, 11) is 0. The molecule has 3 aliphatic rings. The number of nitrogens with zero attached hydrogens (tertiary/aromatic N) is 5. The second kappa shape index (κ2) is 8.51. The van der Waals surface area contributed by atoms with Crippen molar-refractivity contribution in [2.45, 2.75) is 70.0 Å². The molecule has 184 valence electrons. The van der Waals surface area contributed by atoms with Gasteiger partial charge in [0.25, 0.3) is 5.62 Å². The van der Waals surface area contributed by atoms with Gasteiger partial charge in [0.15, 0.2) is 5.65 Å². The van der Waals surface area contributed by atoms with Gasteiger partial charge in [-0.25, -0.2) is 9.79 Å². The van der Waals surface area contributed by atoms with E-state index < -0.39 is 5.69 Å². The Kier molecular flexibility index (Phi) is 5.30. The van der Waals surface area contributed by atoms with Crippen LogP contribution >= 0.6 is 0 Å². The Labute approximate surface area is 200 Å². The fourth-order valence-corrected chi connectivity index (χ4v) is 4.71. The van der Waals surface area contributed by atoms with Crippen molar-refractivity contribution in [2.24, 2.45) is 16.8 Å². The van der Waals surface area contributed by atoms with Crippen LogP contribution in [0.1, 0.15) is 57.6 Å². The number of anilines is 1. The van der Waals surface area contributed by atoms with Gasteiger partial charge in [0.2, 0.25) is 17.7 Å². The van der Waals surface area contributed by atoms with Crippen LogP contribution in [0.4, 0.5) is 5.95 Å². The van der Waals surface area contributed by atoms with Crippen LogP contribution in [-0.2, 0) is 4.79 Å². The largest absolute Gasteiger partial charge is 0.493 e. The van der Waals surface area contributed by atoms with Gasteiger partial charge < -0.3 is 20.7 Å². The van der Waals surface area contributed by atoms with Crippen molar-refractivity contribution in [2.75, 3.05) is 5.32 Å². The van der Waals surface area contributed by atoms with Crippen LogP contribution < -0.4 is 27.2 Å². The molecule has 35 heavy (non-hydrogen) atoms. The molecule has 2 atom stereocenters. The van der Waals surface area contributed by atoms with Gasteiger partial charge in [0.05, 0.1) is 12.2 Å². The molecule has 0 bridgehead atoms. The Morgan fingerprint density at radius 1 is 1.17 bits per heavy atom. The average Bonchev–Trinajstić information content (AvgIpc) is 3.72. The number of aromatic nitrogens is 6. The van der Waals surface area contributed by atoms with E-state index in [4.69, 9.17) is 9.98 Å². The number of hydrogen-bond donors (Lipinski definition) is 5. The number of aromatic hydroxyl groups is 1. The first kappa shape index (κ1) is 21.8. The lowest BCUT2D eigenvalue weighted by molar-refractivity contribution is -0.123. The second-order valence-corrected chi connectivity index (χ2v) is 10.0. The standard InChI is InChI=1S/C23H29N9O3/c1-11-8-16(11)19(33)25-13-2-4-14(5-3-13)26-21-29-18-12(9-17-20(34)30-23(35)28-17)10-24-32(18)22(31-21)27-15-6-7-15/h9-11,13-16,34H,2-8H2,1H3,(H,25,33)(H,26,27,31)(H2,28,30,35)/b12-9+. The van der Waals surface area contributed by atoms with Gasteiger partial charge in [-0.1, -0.05) is 6.92 Å². The predicted octanol–water partition coefficient (Wildman–Crippen LogP) is -0.0476. The van der Waals surface area contributed by atoms with Crippen LogP contribution in [0.15, 0.2) is 16.0 Å². The maximum atomic E-state index is 12.3. The van der Waals surface area contributed by atoms with Crippen molar-refractivity contribution >= 4 is 23.6 Å². The highest BCUT2D eigenvalue weighted by molar-refractivity contribution is 5.81. The molecule has 1 amide bonds. The molecule has 3 aromatic heterocycles. The number of imidazole rings is 1. The second-order valence-electron chi connectivity index (χ2n) is 10.0. The fourth-order valence-electron chi connectivity index (χ4n) is 4.71. The Balaban J connectivity index is 1.24. The fraction of sp³-hybridized carbons (Fsp3) is 0.565. The molecule has 0 radical (unpaired) electrons. The van der Waals surface area contributed by atoms with E-state index in [9.17, 15) is 14.7 Å². The summed E-state index contributed by atoms with van der Waals surface area (Å²) in [5.74, 6) is 1.14. The average molecular weight is 480 g/mol. The van der Waals surface area contributed by atoms with Crippen LogP contribution in [0.2, 0.25) is 0 Å². The number of H-pyrrole nitrogens is 2. The number of amides is 1. The molecule has 3 aromatic rings. The van der Waals surface area contributed by atoms with Crippen molar-refractivity contribution < 1.29 is 9.90 Å². The summed E-state index contributed by atoms with van der Waals surface area (Å²) in [6, 6.07) is 0.667. The highest BCUT2D eigenvalue weighted by Gasteiger charge is 2.40. The zero-order valence-electron chi connectivity index (χ0n) is 19.5. The topological polar surface area (TPSA) is 165 Å². The highest BCUT2D eigenvalue weighted by Crippen LogP contribution is 2.38. The molecule has 12 heteroatoms. The first-order chi connectivity index (χ1) is 16.9. The maximum Gasteiger partial charge on any atom is 0.326 e. The van der Waals surface area contributed by atoms with E-state index in [0.717, 1.165) is 44.9 Å². The number of nitrogens with one attached hydrogen (secondary N) is 4. The van der Waals surface area contributed by atoms with Crippen LogP contribution in [0.25, 0.3) is 11.7 Å². The first-order valence-electron chi connectivity index (χ1n) is 12.3. The zero-order valence-corrected chi connectivity index (χ0v) is 19.5. The van der Waals surface area contributed by atoms with Gasteiger partial charge >= 0.3 is 5.69 Å². The van der Waals surface area contributed by atoms with E-state index in [2.05, 4.69) is 37.6 Å². The van der Waals surface area contributed by atoms with Crippen molar-refractivity contribution in [1.82, 2.24) is 34.9 Å². The molecular weight excluding hydrogens is 450 g/mol.